The molecule has 1 N–H and O–H groups in total. The van der Waals surface area contributed by atoms with Gasteiger partial charge in [-0.2, -0.15) is 0 Å². The summed E-state index contributed by atoms with van der Waals surface area (Å²) in [5.74, 6) is 0.465. The second kappa shape index (κ2) is 9.46. The van der Waals surface area contributed by atoms with E-state index < -0.39 is 11.9 Å². The molecule has 0 fully saturated rings. The zero-order chi connectivity index (χ0) is 18.9. The number of carbonyl (C=O) groups excluding carboxylic acids is 2. The summed E-state index contributed by atoms with van der Waals surface area (Å²) in [6.45, 7) is 3.45. The van der Waals surface area contributed by atoms with Crippen molar-refractivity contribution in [3.63, 3.8) is 0 Å². The summed E-state index contributed by atoms with van der Waals surface area (Å²) in [7, 11) is 1.57. The SMILES string of the molecule is COc1ccc(OCC(=O)OCC(=O)Nc2ccccc2C(C)C)cc1. The molecule has 0 unspecified atom stereocenters. The van der Waals surface area contributed by atoms with E-state index in [9.17, 15) is 9.59 Å². The average molecular weight is 357 g/mol. The molecule has 6 nitrogen and oxygen atoms in total. The van der Waals surface area contributed by atoms with Crippen LogP contribution in [-0.4, -0.2) is 32.2 Å². The van der Waals surface area contributed by atoms with Crippen LogP contribution in [0, 0.1) is 0 Å². The molecule has 0 aliphatic heterocycles. The average Bonchev–Trinajstić information content (AvgIpc) is 2.65. The highest BCUT2D eigenvalue weighted by atomic mass is 16.6. The van der Waals surface area contributed by atoms with Gasteiger partial charge in [-0.3, -0.25) is 4.79 Å². The first kappa shape index (κ1) is 19.3. The Morgan fingerprint density at radius 3 is 2.27 bits per heavy atom. The molecule has 0 heterocycles. The Balaban J connectivity index is 1.77. The first-order valence-corrected chi connectivity index (χ1v) is 8.31. The Kier molecular flexibility index (Phi) is 7.02. The molecular formula is C20H23NO5. The predicted octanol–water partition coefficient (Wildman–Crippen LogP) is 3.38. The molecule has 1 amide bonds. The van der Waals surface area contributed by atoms with Gasteiger partial charge >= 0.3 is 5.97 Å². The number of ether oxygens (including phenoxy) is 3. The molecule has 6 heteroatoms. The molecule has 2 aromatic rings. The molecule has 2 aromatic carbocycles. The smallest absolute Gasteiger partial charge is 0.344 e. The maximum Gasteiger partial charge on any atom is 0.344 e. The number of methoxy groups -OCH3 is 1. The molecule has 26 heavy (non-hydrogen) atoms. The van der Waals surface area contributed by atoms with Crippen LogP contribution in [0.15, 0.2) is 48.5 Å². The fourth-order valence-electron chi connectivity index (χ4n) is 2.30. The quantitative estimate of drug-likeness (QED) is 0.733. The number of carbonyl (C=O) groups is 2. The lowest BCUT2D eigenvalue weighted by atomic mass is 10.0. The van der Waals surface area contributed by atoms with E-state index in [0.29, 0.717) is 11.5 Å². The van der Waals surface area contributed by atoms with Gasteiger partial charge in [-0.1, -0.05) is 32.0 Å². The van der Waals surface area contributed by atoms with Crippen LogP contribution in [0.3, 0.4) is 0 Å². The van der Waals surface area contributed by atoms with Gasteiger partial charge in [-0.25, -0.2) is 4.79 Å². The lowest BCUT2D eigenvalue weighted by Gasteiger charge is -2.13. The highest BCUT2D eigenvalue weighted by Gasteiger charge is 2.12. The summed E-state index contributed by atoms with van der Waals surface area (Å²) < 4.78 is 15.3. The van der Waals surface area contributed by atoms with Crippen LogP contribution >= 0.6 is 0 Å². The molecule has 0 saturated carbocycles. The van der Waals surface area contributed by atoms with Crippen molar-refractivity contribution >= 4 is 17.6 Å². The van der Waals surface area contributed by atoms with Crippen LogP contribution in [0.5, 0.6) is 11.5 Å². The number of hydrogen-bond donors (Lipinski definition) is 1. The number of anilines is 1. The molecule has 0 aliphatic rings. The fourth-order valence-corrected chi connectivity index (χ4v) is 2.30. The van der Waals surface area contributed by atoms with Crippen molar-refractivity contribution in [2.75, 3.05) is 25.6 Å². The van der Waals surface area contributed by atoms with Gasteiger partial charge < -0.3 is 19.5 Å². The third kappa shape index (κ3) is 5.81. The molecule has 0 radical (unpaired) electrons. The highest BCUT2D eigenvalue weighted by Crippen LogP contribution is 2.23. The third-order valence-electron chi connectivity index (χ3n) is 3.64. The molecule has 0 aromatic heterocycles. The lowest BCUT2D eigenvalue weighted by Crippen LogP contribution is -2.24. The first-order chi connectivity index (χ1) is 12.5. The highest BCUT2D eigenvalue weighted by molar-refractivity contribution is 5.93. The van der Waals surface area contributed by atoms with Crippen molar-refractivity contribution in [3.8, 4) is 11.5 Å². The van der Waals surface area contributed by atoms with E-state index in [2.05, 4.69) is 5.32 Å². The van der Waals surface area contributed by atoms with E-state index in [1.807, 2.05) is 38.1 Å². The lowest BCUT2D eigenvalue weighted by molar-refractivity contribution is -0.149. The van der Waals surface area contributed by atoms with Crippen molar-refractivity contribution in [2.45, 2.75) is 19.8 Å². The van der Waals surface area contributed by atoms with Gasteiger partial charge in [0.2, 0.25) is 0 Å². The maximum atomic E-state index is 12.0. The van der Waals surface area contributed by atoms with Crippen molar-refractivity contribution in [1.29, 1.82) is 0 Å². The minimum absolute atomic E-state index is 0.270. The number of nitrogens with one attached hydrogen (secondary N) is 1. The molecule has 0 saturated heterocycles. The summed E-state index contributed by atoms with van der Waals surface area (Å²) in [5.41, 5.74) is 1.74. The molecular weight excluding hydrogens is 334 g/mol. The Hall–Kier alpha value is -3.02. The second-order valence-electron chi connectivity index (χ2n) is 5.92. The molecule has 0 atom stereocenters. The van der Waals surface area contributed by atoms with Gasteiger partial charge in [0.05, 0.1) is 7.11 Å². The largest absolute Gasteiger partial charge is 0.497 e. The van der Waals surface area contributed by atoms with Gasteiger partial charge in [0.15, 0.2) is 13.2 Å². The summed E-state index contributed by atoms with van der Waals surface area (Å²) in [6, 6.07) is 14.3. The summed E-state index contributed by atoms with van der Waals surface area (Å²) >= 11 is 0. The van der Waals surface area contributed by atoms with E-state index in [-0.39, 0.29) is 19.1 Å². The predicted molar refractivity (Wildman–Crippen MR) is 98.6 cm³/mol. The normalized spacial score (nSPS) is 10.3. The van der Waals surface area contributed by atoms with Crippen LogP contribution < -0.4 is 14.8 Å². The van der Waals surface area contributed by atoms with Gasteiger partial charge in [0, 0.05) is 5.69 Å². The zero-order valence-electron chi connectivity index (χ0n) is 15.2. The first-order valence-electron chi connectivity index (χ1n) is 8.31. The van der Waals surface area contributed by atoms with Gasteiger partial charge in [0.25, 0.3) is 5.91 Å². The topological polar surface area (TPSA) is 73.9 Å². The Morgan fingerprint density at radius 2 is 1.62 bits per heavy atom. The van der Waals surface area contributed by atoms with E-state index in [1.54, 1.807) is 31.4 Å². The van der Waals surface area contributed by atoms with Gasteiger partial charge in [0.1, 0.15) is 11.5 Å². The summed E-state index contributed by atoms with van der Waals surface area (Å²) in [4.78, 5) is 23.7. The van der Waals surface area contributed by atoms with Crippen LogP contribution in [-0.2, 0) is 14.3 Å². The number of hydrogen-bond acceptors (Lipinski definition) is 5. The van der Waals surface area contributed by atoms with Crippen LogP contribution in [0.4, 0.5) is 5.69 Å². The number of rotatable bonds is 8. The van der Waals surface area contributed by atoms with Crippen molar-refractivity contribution in [1.82, 2.24) is 0 Å². The number of para-hydroxylation sites is 1. The molecule has 0 aliphatic carbocycles. The van der Waals surface area contributed by atoms with E-state index in [0.717, 1.165) is 11.3 Å². The van der Waals surface area contributed by atoms with Crippen LogP contribution in [0.25, 0.3) is 0 Å². The van der Waals surface area contributed by atoms with Crippen LogP contribution in [0.1, 0.15) is 25.3 Å². The maximum absolute atomic E-state index is 12.0. The number of amides is 1. The Bertz CT molecular complexity index is 740. The molecule has 0 spiro atoms. The zero-order valence-corrected chi connectivity index (χ0v) is 15.2. The molecule has 138 valence electrons. The van der Waals surface area contributed by atoms with Crippen molar-refractivity contribution in [2.24, 2.45) is 0 Å². The Morgan fingerprint density at radius 1 is 0.962 bits per heavy atom. The monoisotopic (exact) mass is 357 g/mol. The van der Waals surface area contributed by atoms with E-state index >= 15 is 0 Å². The second-order valence-corrected chi connectivity index (χ2v) is 5.92. The number of benzene rings is 2. The van der Waals surface area contributed by atoms with Crippen molar-refractivity contribution < 1.29 is 23.8 Å². The van der Waals surface area contributed by atoms with E-state index in [1.165, 1.54) is 0 Å². The van der Waals surface area contributed by atoms with Gasteiger partial charge in [-0.15, -0.1) is 0 Å². The minimum Gasteiger partial charge on any atom is -0.497 e. The number of esters is 1. The van der Waals surface area contributed by atoms with Crippen LogP contribution in [0.2, 0.25) is 0 Å². The standard InChI is InChI=1S/C20H23NO5/c1-14(2)17-6-4-5-7-18(17)21-19(22)12-26-20(23)13-25-16-10-8-15(24-3)9-11-16/h4-11,14H,12-13H2,1-3H3,(H,21,22). The summed E-state index contributed by atoms with van der Waals surface area (Å²) in [6.07, 6.45) is 0. The van der Waals surface area contributed by atoms with E-state index in [4.69, 9.17) is 14.2 Å². The fraction of sp³-hybridized carbons (Fsp3) is 0.300. The van der Waals surface area contributed by atoms with Crippen molar-refractivity contribution in [3.05, 3.63) is 54.1 Å². The Labute approximate surface area is 153 Å². The molecule has 2 rings (SSSR count). The van der Waals surface area contributed by atoms with Gasteiger partial charge in [-0.05, 0) is 41.8 Å². The third-order valence-corrected chi connectivity index (χ3v) is 3.64. The summed E-state index contributed by atoms with van der Waals surface area (Å²) in [5, 5.41) is 2.76. The molecule has 0 bridgehead atoms. The minimum atomic E-state index is -0.617.